The quantitative estimate of drug-likeness (QED) is 0.645. The summed E-state index contributed by atoms with van der Waals surface area (Å²) in [6.45, 7) is 6.03. The van der Waals surface area contributed by atoms with Crippen LogP contribution < -0.4 is 0 Å². The first kappa shape index (κ1) is 10.5. The third-order valence-electron chi connectivity index (χ3n) is 3.48. The van der Waals surface area contributed by atoms with Gasteiger partial charge in [-0.25, -0.2) is 0 Å². The Morgan fingerprint density at radius 3 is 2.20 bits per heavy atom. The van der Waals surface area contributed by atoms with Gasteiger partial charge in [0.2, 0.25) is 0 Å². The summed E-state index contributed by atoms with van der Waals surface area (Å²) in [5, 5.41) is 0. The van der Waals surface area contributed by atoms with Gasteiger partial charge in [0.1, 0.15) is 0 Å². The molecule has 0 nitrogen and oxygen atoms in total. The van der Waals surface area contributed by atoms with Gasteiger partial charge in [-0.2, -0.15) is 0 Å². The molecule has 1 aliphatic carbocycles. The SMILES string of the molecule is C=C(C)c1ccc(C2CCCCC2)cc1. The predicted octanol–water partition coefficient (Wildman–Crippen LogP) is 4.77. The molecular weight excluding hydrogens is 180 g/mol. The minimum atomic E-state index is 0.818. The monoisotopic (exact) mass is 200 g/mol. The molecule has 1 aromatic carbocycles. The first-order chi connectivity index (χ1) is 7.27. The van der Waals surface area contributed by atoms with E-state index in [0.717, 1.165) is 11.5 Å². The topological polar surface area (TPSA) is 0 Å². The lowest BCUT2D eigenvalue weighted by atomic mass is 9.84. The van der Waals surface area contributed by atoms with E-state index in [-0.39, 0.29) is 0 Å². The Kier molecular flexibility index (Phi) is 3.25. The lowest BCUT2D eigenvalue weighted by Crippen LogP contribution is -2.04. The van der Waals surface area contributed by atoms with E-state index in [1.165, 1.54) is 43.2 Å². The van der Waals surface area contributed by atoms with E-state index in [4.69, 9.17) is 0 Å². The summed E-state index contributed by atoms with van der Waals surface area (Å²) in [7, 11) is 0. The number of rotatable bonds is 2. The Labute approximate surface area is 93.0 Å². The lowest BCUT2D eigenvalue weighted by molar-refractivity contribution is 0.443. The maximum absolute atomic E-state index is 3.97. The molecule has 0 bridgehead atoms. The van der Waals surface area contributed by atoms with Crippen molar-refractivity contribution in [2.24, 2.45) is 0 Å². The fourth-order valence-electron chi connectivity index (χ4n) is 2.48. The van der Waals surface area contributed by atoms with Crippen LogP contribution in [0.3, 0.4) is 0 Å². The van der Waals surface area contributed by atoms with Crippen LogP contribution in [0.1, 0.15) is 56.1 Å². The largest absolute Gasteiger partial charge is 0.0955 e. The van der Waals surface area contributed by atoms with Crippen molar-refractivity contribution >= 4 is 5.57 Å². The van der Waals surface area contributed by atoms with Gasteiger partial charge in [0.15, 0.2) is 0 Å². The fraction of sp³-hybridized carbons (Fsp3) is 0.467. The standard InChI is InChI=1S/C15H20/c1-12(2)13-8-10-15(11-9-13)14-6-4-3-5-7-14/h8-11,14H,1,3-7H2,2H3. The Morgan fingerprint density at radius 2 is 1.67 bits per heavy atom. The van der Waals surface area contributed by atoms with Crippen molar-refractivity contribution in [3.8, 4) is 0 Å². The van der Waals surface area contributed by atoms with Gasteiger partial charge in [-0.1, -0.05) is 55.7 Å². The average molecular weight is 200 g/mol. The van der Waals surface area contributed by atoms with E-state index in [0.29, 0.717) is 0 Å². The van der Waals surface area contributed by atoms with Crippen LogP contribution in [0.25, 0.3) is 5.57 Å². The molecule has 0 N–H and O–H groups in total. The van der Waals surface area contributed by atoms with E-state index >= 15 is 0 Å². The molecule has 0 heteroatoms. The number of benzene rings is 1. The summed E-state index contributed by atoms with van der Waals surface area (Å²) < 4.78 is 0. The molecule has 1 aliphatic rings. The summed E-state index contributed by atoms with van der Waals surface area (Å²) in [5.41, 5.74) is 3.96. The second kappa shape index (κ2) is 4.65. The minimum Gasteiger partial charge on any atom is -0.0955 e. The lowest BCUT2D eigenvalue weighted by Gasteiger charge is -2.22. The van der Waals surface area contributed by atoms with Gasteiger partial charge in [0.25, 0.3) is 0 Å². The second-order valence-corrected chi connectivity index (χ2v) is 4.74. The van der Waals surface area contributed by atoms with E-state index in [1.54, 1.807) is 0 Å². The van der Waals surface area contributed by atoms with Crippen LogP contribution in [0, 0.1) is 0 Å². The molecule has 0 heterocycles. The van der Waals surface area contributed by atoms with Crippen molar-refractivity contribution in [3.63, 3.8) is 0 Å². The third kappa shape index (κ3) is 2.50. The third-order valence-corrected chi connectivity index (χ3v) is 3.48. The van der Waals surface area contributed by atoms with Gasteiger partial charge < -0.3 is 0 Å². The summed E-state index contributed by atoms with van der Waals surface area (Å²) in [5.74, 6) is 0.818. The van der Waals surface area contributed by atoms with Gasteiger partial charge in [-0.05, 0) is 36.8 Å². The molecule has 0 aliphatic heterocycles. The van der Waals surface area contributed by atoms with E-state index in [9.17, 15) is 0 Å². The van der Waals surface area contributed by atoms with Crippen LogP contribution in [0.5, 0.6) is 0 Å². The predicted molar refractivity (Wildman–Crippen MR) is 67.0 cm³/mol. The number of hydrogen-bond donors (Lipinski definition) is 0. The summed E-state index contributed by atoms with van der Waals surface area (Å²) in [6.07, 6.45) is 7.01. The highest BCUT2D eigenvalue weighted by molar-refractivity contribution is 5.61. The van der Waals surface area contributed by atoms with Crippen LogP contribution in [-0.4, -0.2) is 0 Å². The highest BCUT2D eigenvalue weighted by Gasteiger charge is 2.14. The molecule has 0 unspecified atom stereocenters. The number of allylic oxidation sites excluding steroid dienone is 1. The number of hydrogen-bond acceptors (Lipinski definition) is 0. The van der Waals surface area contributed by atoms with Gasteiger partial charge in [0.05, 0.1) is 0 Å². The fourth-order valence-corrected chi connectivity index (χ4v) is 2.48. The molecule has 0 aromatic heterocycles. The highest BCUT2D eigenvalue weighted by atomic mass is 14.2. The Morgan fingerprint density at radius 1 is 1.07 bits per heavy atom. The molecule has 1 fully saturated rings. The maximum Gasteiger partial charge on any atom is -0.0162 e. The van der Waals surface area contributed by atoms with Crippen molar-refractivity contribution in [2.75, 3.05) is 0 Å². The molecule has 2 rings (SSSR count). The molecule has 1 aromatic rings. The van der Waals surface area contributed by atoms with Gasteiger partial charge in [0, 0.05) is 0 Å². The Bertz CT molecular complexity index is 326. The van der Waals surface area contributed by atoms with Crippen molar-refractivity contribution in [3.05, 3.63) is 42.0 Å². The smallest absolute Gasteiger partial charge is 0.0162 e. The summed E-state index contributed by atoms with van der Waals surface area (Å²) in [4.78, 5) is 0. The highest BCUT2D eigenvalue weighted by Crippen LogP contribution is 2.32. The average Bonchev–Trinajstić information content (AvgIpc) is 2.30. The van der Waals surface area contributed by atoms with Crippen LogP contribution in [0.4, 0.5) is 0 Å². The minimum absolute atomic E-state index is 0.818. The molecule has 0 amide bonds. The first-order valence-electron chi connectivity index (χ1n) is 6.03. The molecule has 80 valence electrons. The van der Waals surface area contributed by atoms with Crippen LogP contribution >= 0.6 is 0 Å². The van der Waals surface area contributed by atoms with Crippen LogP contribution in [0.2, 0.25) is 0 Å². The van der Waals surface area contributed by atoms with Crippen LogP contribution in [-0.2, 0) is 0 Å². The Hall–Kier alpha value is -1.04. The second-order valence-electron chi connectivity index (χ2n) is 4.74. The molecular formula is C15H20. The molecule has 1 saturated carbocycles. The molecule has 0 radical (unpaired) electrons. The molecule has 0 spiro atoms. The van der Waals surface area contributed by atoms with Gasteiger partial charge in [-0.15, -0.1) is 0 Å². The van der Waals surface area contributed by atoms with Crippen LogP contribution in [0.15, 0.2) is 30.8 Å². The summed E-state index contributed by atoms with van der Waals surface area (Å²) >= 11 is 0. The zero-order chi connectivity index (χ0) is 10.7. The molecule has 0 saturated heterocycles. The van der Waals surface area contributed by atoms with E-state index in [1.807, 2.05) is 0 Å². The van der Waals surface area contributed by atoms with Crippen molar-refractivity contribution < 1.29 is 0 Å². The van der Waals surface area contributed by atoms with E-state index < -0.39 is 0 Å². The van der Waals surface area contributed by atoms with Crippen molar-refractivity contribution in [1.82, 2.24) is 0 Å². The zero-order valence-electron chi connectivity index (χ0n) is 9.63. The van der Waals surface area contributed by atoms with E-state index in [2.05, 4.69) is 37.8 Å². The molecule has 15 heavy (non-hydrogen) atoms. The van der Waals surface area contributed by atoms with Gasteiger partial charge >= 0.3 is 0 Å². The van der Waals surface area contributed by atoms with Crippen molar-refractivity contribution in [2.45, 2.75) is 44.9 Å². The molecule has 0 atom stereocenters. The van der Waals surface area contributed by atoms with Gasteiger partial charge in [-0.3, -0.25) is 0 Å². The van der Waals surface area contributed by atoms with Crippen molar-refractivity contribution in [1.29, 1.82) is 0 Å². The Balaban J connectivity index is 2.11. The normalized spacial score (nSPS) is 17.7. The first-order valence-corrected chi connectivity index (χ1v) is 6.03. The zero-order valence-corrected chi connectivity index (χ0v) is 9.63. The maximum atomic E-state index is 3.97. The summed E-state index contributed by atoms with van der Waals surface area (Å²) in [6, 6.07) is 9.01.